The number of hydrogen-bond donors (Lipinski definition) is 2. The topological polar surface area (TPSA) is 98.8 Å². The van der Waals surface area contributed by atoms with Crippen LogP contribution < -0.4 is 10.6 Å². The molecule has 6 fully saturated rings. The number of carbonyl (C=O) groups excluding carboxylic acids is 2. The zero-order chi connectivity index (χ0) is 31.1. The van der Waals surface area contributed by atoms with Gasteiger partial charge in [0.1, 0.15) is 9.84 Å². The number of sulfone groups is 1. The quantitative estimate of drug-likeness (QED) is 0.454. The molecule has 2 amide bonds. The molecule has 3 aliphatic heterocycles. The van der Waals surface area contributed by atoms with E-state index in [1.54, 1.807) is 6.92 Å². The first-order valence-electron chi connectivity index (χ1n) is 18.3. The highest BCUT2D eigenvalue weighted by Crippen LogP contribution is 2.50. The summed E-state index contributed by atoms with van der Waals surface area (Å²) in [7, 11) is -2.99. The average Bonchev–Trinajstić information content (AvgIpc) is 3.45. The van der Waals surface area contributed by atoms with Gasteiger partial charge in [0.25, 0.3) is 0 Å². The van der Waals surface area contributed by atoms with Crippen LogP contribution in [0.5, 0.6) is 0 Å². The molecule has 6 unspecified atom stereocenters. The number of rotatable bonds is 3. The monoisotopic (exact) mass is 632 g/mol. The van der Waals surface area contributed by atoms with Crippen molar-refractivity contribution in [1.29, 1.82) is 0 Å². The first-order valence-corrected chi connectivity index (χ1v) is 20.3. The fourth-order valence-corrected chi connectivity index (χ4v) is 12.2. The van der Waals surface area contributed by atoms with Crippen molar-refractivity contribution in [3.63, 3.8) is 0 Å². The van der Waals surface area contributed by atoms with Crippen LogP contribution in [0.1, 0.15) is 129 Å². The van der Waals surface area contributed by atoms with Crippen molar-refractivity contribution in [2.45, 2.75) is 165 Å². The van der Waals surface area contributed by atoms with Gasteiger partial charge in [0.15, 0.2) is 0 Å². The van der Waals surface area contributed by atoms with Gasteiger partial charge in [0.2, 0.25) is 11.8 Å². The number of nitrogens with one attached hydrogen (secondary N) is 2. The smallest absolute Gasteiger partial charge is 0.240 e. The van der Waals surface area contributed by atoms with Crippen molar-refractivity contribution in [2.24, 2.45) is 23.2 Å². The minimum atomic E-state index is -2.99. The predicted octanol–water partition coefficient (Wildman–Crippen LogP) is 5.01. The van der Waals surface area contributed by atoms with Crippen molar-refractivity contribution in [3.05, 3.63) is 0 Å². The number of piperazine rings is 1. The molecule has 0 aromatic carbocycles. The van der Waals surface area contributed by atoms with Crippen molar-refractivity contribution in [3.8, 4) is 0 Å². The Morgan fingerprint density at radius 2 is 1.43 bits per heavy atom. The maximum atomic E-state index is 14.6. The minimum Gasteiger partial charge on any atom is -0.334 e. The van der Waals surface area contributed by atoms with Gasteiger partial charge in [-0.2, -0.15) is 0 Å². The second-order valence-corrected chi connectivity index (χ2v) is 18.2. The molecule has 44 heavy (non-hydrogen) atoms. The van der Waals surface area contributed by atoms with E-state index >= 15 is 0 Å². The zero-order valence-corrected chi connectivity index (χ0v) is 28.6. The van der Waals surface area contributed by atoms with Gasteiger partial charge in [-0.15, -0.1) is 0 Å². The van der Waals surface area contributed by atoms with Gasteiger partial charge < -0.3 is 15.1 Å². The Labute approximate surface area is 267 Å². The SMILES string of the molecule is CC(=O)N1C2CCC(C3CCC(S(C)(=O)=O)CC3)CC2N(C(=O)C2CC3C(NCCC34CCCCCCCCC4)N2)C[C@@H]1C. The van der Waals surface area contributed by atoms with E-state index in [9.17, 15) is 18.0 Å². The normalized spacial score (nSPS) is 40.2. The Bertz CT molecular complexity index is 1130. The van der Waals surface area contributed by atoms with Crippen LogP contribution in [0.25, 0.3) is 0 Å². The molecule has 1 spiro atoms. The second kappa shape index (κ2) is 13.5. The first-order chi connectivity index (χ1) is 21.1. The lowest BCUT2D eigenvalue weighted by atomic mass is 9.63. The molecular formula is C35H60N4O4S. The number of fused-ring (bicyclic) bond motifs is 3. The molecular weight excluding hydrogens is 572 g/mol. The van der Waals surface area contributed by atoms with E-state index in [-0.39, 0.29) is 47.4 Å². The fourth-order valence-electron chi connectivity index (χ4n) is 11.1. The van der Waals surface area contributed by atoms with Crippen LogP contribution in [-0.4, -0.2) is 85.0 Å². The molecule has 0 radical (unpaired) electrons. The molecule has 6 aliphatic rings. The number of hydrogen-bond acceptors (Lipinski definition) is 6. The summed E-state index contributed by atoms with van der Waals surface area (Å²) in [6.45, 7) is 5.46. The molecule has 7 atom stereocenters. The van der Waals surface area contributed by atoms with Crippen LogP contribution in [0.4, 0.5) is 0 Å². The van der Waals surface area contributed by atoms with Crippen molar-refractivity contribution in [2.75, 3.05) is 19.3 Å². The van der Waals surface area contributed by atoms with E-state index in [1.807, 2.05) is 0 Å². The number of piperidine rings is 1. The minimum absolute atomic E-state index is 0.0193. The first kappa shape index (κ1) is 32.7. The molecule has 0 bridgehead atoms. The van der Waals surface area contributed by atoms with E-state index in [1.165, 1.54) is 70.5 Å². The van der Waals surface area contributed by atoms with Crippen LogP contribution in [0.15, 0.2) is 0 Å². The van der Waals surface area contributed by atoms with Crippen LogP contribution in [0, 0.1) is 23.2 Å². The summed E-state index contributed by atoms with van der Waals surface area (Å²) in [5.74, 6) is 1.88. The fraction of sp³-hybridized carbons (Fsp3) is 0.943. The largest absolute Gasteiger partial charge is 0.334 e. The average molecular weight is 633 g/mol. The molecule has 9 heteroatoms. The summed E-state index contributed by atoms with van der Waals surface area (Å²) in [4.78, 5) is 31.8. The van der Waals surface area contributed by atoms with Crippen molar-refractivity contribution in [1.82, 2.24) is 20.4 Å². The highest BCUT2D eigenvalue weighted by molar-refractivity contribution is 7.91. The number of amides is 2. The third-order valence-corrected chi connectivity index (χ3v) is 15.0. The second-order valence-electron chi connectivity index (χ2n) is 15.9. The van der Waals surface area contributed by atoms with Crippen LogP contribution >= 0.6 is 0 Å². The van der Waals surface area contributed by atoms with E-state index in [2.05, 4.69) is 27.4 Å². The molecule has 3 saturated heterocycles. The molecule has 0 aromatic heterocycles. The highest BCUT2D eigenvalue weighted by atomic mass is 32.2. The zero-order valence-electron chi connectivity index (χ0n) is 27.8. The predicted molar refractivity (Wildman–Crippen MR) is 175 cm³/mol. The lowest BCUT2D eigenvalue weighted by Crippen LogP contribution is -2.68. The summed E-state index contributed by atoms with van der Waals surface area (Å²) in [6.07, 6.45) is 22.2. The number of carbonyl (C=O) groups is 2. The van der Waals surface area contributed by atoms with E-state index in [4.69, 9.17) is 0 Å². The Morgan fingerprint density at radius 3 is 2.07 bits per heavy atom. The molecule has 2 N–H and O–H groups in total. The number of nitrogens with zero attached hydrogens (tertiary/aromatic N) is 2. The molecule has 250 valence electrons. The van der Waals surface area contributed by atoms with Gasteiger partial charge in [-0.1, -0.05) is 44.9 Å². The standard InChI is InChI=1S/C35H60N4O4S/c1-24-23-38(32-21-27(13-16-31(32)39(24)25(2)40)26-11-14-28(15-12-26)44(3,42)43)34(41)30-22-29-33(37-30)36-20-19-35(29)17-9-7-5-4-6-8-10-18-35/h24,26-33,36-37H,4-23H2,1-3H3/t24-,26?,27?,28?,29?,30?,31?,32?,33?/m0/s1. The summed E-state index contributed by atoms with van der Waals surface area (Å²) in [5.41, 5.74) is 0.346. The summed E-state index contributed by atoms with van der Waals surface area (Å²) < 4.78 is 24.4. The van der Waals surface area contributed by atoms with Crippen LogP contribution in [-0.2, 0) is 19.4 Å². The summed E-state index contributed by atoms with van der Waals surface area (Å²) in [6, 6.07) is -0.0136. The molecule has 0 aromatic rings. The lowest BCUT2D eigenvalue weighted by Gasteiger charge is -2.55. The molecule has 8 nitrogen and oxygen atoms in total. The Morgan fingerprint density at radius 1 is 0.795 bits per heavy atom. The van der Waals surface area contributed by atoms with Crippen molar-refractivity contribution < 1.29 is 18.0 Å². The van der Waals surface area contributed by atoms with Gasteiger partial charge in [-0.3, -0.25) is 14.9 Å². The molecule has 6 rings (SSSR count). The third kappa shape index (κ3) is 6.62. The maximum absolute atomic E-state index is 14.6. The van der Waals surface area contributed by atoms with Crippen LogP contribution in [0.3, 0.4) is 0 Å². The summed E-state index contributed by atoms with van der Waals surface area (Å²) in [5, 5.41) is 7.40. The lowest BCUT2D eigenvalue weighted by molar-refractivity contribution is -0.156. The van der Waals surface area contributed by atoms with Gasteiger partial charge in [-0.05, 0) is 107 Å². The van der Waals surface area contributed by atoms with E-state index < -0.39 is 9.84 Å². The van der Waals surface area contributed by atoms with Gasteiger partial charge >= 0.3 is 0 Å². The third-order valence-electron chi connectivity index (χ3n) is 13.3. The molecule has 3 saturated carbocycles. The van der Waals surface area contributed by atoms with Crippen LogP contribution in [0.2, 0.25) is 0 Å². The van der Waals surface area contributed by atoms with Gasteiger partial charge in [0, 0.05) is 25.8 Å². The van der Waals surface area contributed by atoms with E-state index in [0.717, 1.165) is 57.9 Å². The van der Waals surface area contributed by atoms with Gasteiger partial charge in [0.05, 0.1) is 29.5 Å². The van der Waals surface area contributed by atoms with Gasteiger partial charge in [-0.25, -0.2) is 8.42 Å². The Kier molecular flexibility index (Phi) is 10.0. The highest BCUT2D eigenvalue weighted by Gasteiger charge is 2.54. The maximum Gasteiger partial charge on any atom is 0.240 e. The van der Waals surface area contributed by atoms with Crippen molar-refractivity contribution >= 4 is 21.7 Å². The Balaban J connectivity index is 1.18. The molecule has 3 heterocycles. The molecule has 3 aliphatic carbocycles. The summed E-state index contributed by atoms with van der Waals surface area (Å²) >= 11 is 0. The Hall–Kier alpha value is -1.19. The van der Waals surface area contributed by atoms with E-state index in [0.29, 0.717) is 29.7 Å².